The number of fused-ring (bicyclic) bond motifs is 1. The number of benzene rings is 2. The summed E-state index contributed by atoms with van der Waals surface area (Å²) in [7, 11) is 0. The fraction of sp³-hybridized carbons (Fsp3) is 0.435. The number of ether oxygens (including phenoxy) is 2. The van der Waals surface area contributed by atoms with Gasteiger partial charge in [0.05, 0.1) is 12.1 Å². The van der Waals surface area contributed by atoms with Crippen molar-refractivity contribution < 1.29 is 14.3 Å². The highest BCUT2D eigenvalue weighted by atomic mass is 16.6. The van der Waals surface area contributed by atoms with Crippen LogP contribution in [0.1, 0.15) is 31.4 Å². The molecule has 0 N–H and O–H groups in total. The van der Waals surface area contributed by atoms with Crippen LogP contribution in [0.2, 0.25) is 0 Å². The Hall–Kier alpha value is -2.37. The van der Waals surface area contributed by atoms with Crippen molar-refractivity contribution in [2.45, 2.75) is 51.3 Å². The molecule has 5 nitrogen and oxygen atoms in total. The largest absolute Gasteiger partial charge is 0.444 e. The number of carbonyl (C=O) groups is 1. The molecule has 5 heteroatoms. The van der Waals surface area contributed by atoms with Gasteiger partial charge in [0, 0.05) is 19.6 Å². The van der Waals surface area contributed by atoms with Gasteiger partial charge in [0.2, 0.25) is 0 Å². The van der Waals surface area contributed by atoms with Crippen molar-refractivity contribution in [3.63, 3.8) is 0 Å². The predicted molar refractivity (Wildman–Crippen MR) is 108 cm³/mol. The summed E-state index contributed by atoms with van der Waals surface area (Å²) in [6.07, 6.45) is 0.607. The average molecular weight is 380 g/mol. The van der Waals surface area contributed by atoms with Crippen molar-refractivity contribution in [2.24, 2.45) is 0 Å². The number of amides is 1. The highest BCUT2D eigenvalue weighted by Gasteiger charge is 2.52. The van der Waals surface area contributed by atoms with Crippen molar-refractivity contribution in [3.05, 3.63) is 71.8 Å². The molecule has 2 atom stereocenters. The summed E-state index contributed by atoms with van der Waals surface area (Å²) in [6, 6.07) is 20.3. The van der Waals surface area contributed by atoms with E-state index >= 15 is 0 Å². The van der Waals surface area contributed by atoms with E-state index in [2.05, 4.69) is 29.2 Å². The van der Waals surface area contributed by atoms with Gasteiger partial charge in [-0.2, -0.15) is 0 Å². The van der Waals surface area contributed by atoms with Gasteiger partial charge in [0.25, 0.3) is 0 Å². The molecule has 1 amide bonds. The Morgan fingerprint density at radius 2 is 1.71 bits per heavy atom. The zero-order chi connectivity index (χ0) is 19.6. The third kappa shape index (κ3) is 4.05. The highest BCUT2D eigenvalue weighted by Crippen LogP contribution is 2.37. The van der Waals surface area contributed by atoms with E-state index in [0.717, 1.165) is 31.6 Å². The molecule has 28 heavy (non-hydrogen) atoms. The second-order valence-electron chi connectivity index (χ2n) is 8.09. The van der Waals surface area contributed by atoms with Crippen LogP contribution < -0.4 is 0 Å². The third-order valence-electron chi connectivity index (χ3n) is 5.61. The average Bonchev–Trinajstić information content (AvgIpc) is 2.97. The summed E-state index contributed by atoms with van der Waals surface area (Å²) >= 11 is 0. The Balaban J connectivity index is 1.39. The number of carbonyl (C=O) groups excluding carboxylic acids is 1. The van der Waals surface area contributed by atoms with E-state index in [-0.39, 0.29) is 24.8 Å². The number of nitrogens with zero attached hydrogens (tertiary/aromatic N) is 2. The second kappa shape index (κ2) is 7.94. The van der Waals surface area contributed by atoms with E-state index < -0.39 is 5.72 Å². The minimum atomic E-state index is -0.661. The standard InChI is InChI=1S/C23H28N2O3/c1-23(2)25(22(26)27-17-19-11-7-4-8-12-19)20-13-14-24(16-21(20)28-23)15-18-9-5-3-6-10-18/h3-12,20-21H,13-17H2,1-2H3. The maximum Gasteiger partial charge on any atom is 0.412 e. The van der Waals surface area contributed by atoms with Gasteiger partial charge in [0.1, 0.15) is 12.3 Å². The van der Waals surface area contributed by atoms with Crippen LogP contribution in [0.5, 0.6) is 0 Å². The first-order chi connectivity index (χ1) is 13.5. The van der Waals surface area contributed by atoms with Crippen molar-refractivity contribution in [1.29, 1.82) is 0 Å². The zero-order valence-corrected chi connectivity index (χ0v) is 16.6. The molecular formula is C23H28N2O3. The van der Waals surface area contributed by atoms with Crippen molar-refractivity contribution in [3.8, 4) is 0 Å². The van der Waals surface area contributed by atoms with Crippen LogP contribution in [-0.2, 0) is 22.6 Å². The van der Waals surface area contributed by atoms with Crippen LogP contribution in [0.15, 0.2) is 60.7 Å². The normalized spacial score (nSPS) is 24.0. The first kappa shape index (κ1) is 19.0. The summed E-state index contributed by atoms with van der Waals surface area (Å²) in [5.74, 6) is 0. The fourth-order valence-electron chi connectivity index (χ4n) is 4.34. The lowest BCUT2D eigenvalue weighted by atomic mass is 10.0. The van der Waals surface area contributed by atoms with E-state index in [1.807, 2.05) is 50.2 Å². The van der Waals surface area contributed by atoms with Crippen LogP contribution in [0.25, 0.3) is 0 Å². The van der Waals surface area contributed by atoms with Gasteiger partial charge < -0.3 is 9.47 Å². The molecule has 2 aliphatic heterocycles. The SMILES string of the molecule is CC1(C)OC2CN(Cc3ccccc3)CCC2N1C(=O)OCc1ccccc1. The molecule has 0 aromatic heterocycles. The lowest BCUT2D eigenvalue weighted by molar-refractivity contribution is -0.0758. The summed E-state index contributed by atoms with van der Waals surface area (Å²) in [5.41, 5.74) is 1.63. The molecule has 4 rings (SSSR count). The molecule has 2 fully saturated rings. The predicted octanol–water partition coefficient (Wildman–Crippen LogP) is 4.03. The summed E-state index contributed by atoms with van der Waals surface area (Å²) in [5, 5.41) is 0. The van der Waals surface area contributed by atoms with E-state index in [4.69, 9.17) is 9.47 Å². The third-order valence-corrected chi connectivity index (χ3v) is 5.61. The molecule has 2 aromatic carbocycles. The van der Waals surface area contributed by atoms with E-state index in [0.29, 0.717) is 0 Å². The topological polar surface area (TPSA) is 42.0 Å². The van der Waals surface area contributed by atoms with Gasteiger partial charge in [-0.05, 0) is 31.4 Å². The van der Waals surface area contributed by atoms with Crippen LogP contribution in [0.4, 0.5) is 4.79 Å². The number of likely N-dealkylation sites (tertiary alicyclic amines) is 1. The number of rotatable bonds is 4. The minimum Gasteiger partial charge on any atom is -0.444 e. The van der Waals surface area contributed by atoms with Gasteiger partial charge in [-0.25, -0.2) is 4.79 Å². The maximum atomic E-state index is 12.9. The first-order valence-corrected chi connectivity index (χ1v) is 9.97. The Kier molecular flexibility index (Phi) is 5.38. The van der Waals surface area contributed by atoms with Gasteiger partial charge >= 0.3 is 6.09 Å². The molecule has 2 unspecified atom stereocenters. The Bertz CT molecular complexity index is 794. The summed E-state index contributed by atoms with van der Waals surface area (Å²) in [4.78, 5) is 17.1. The van der Waals surface area contributed by atoms with Gasteiger partial charge in [-0.3, -0.25) is 9.80 Å². The highest BCUT2D eigenvalue weighted by molar-refractivity contribution is 5.69. The van der Waals surface area contributed by atoms with E-state index in [1.54, 1.807) is 4.90 Å². The molecule has 0 bridgehead atoms. The number of hydrogen-bond donors (Lipinski definition) is 0. The lowest BCUT2D eigenvalue weighted by Crippen LogP contribution is -2.52. The maximum absolute atomic E-state index is 12.9. The molecule has 0 radical (unpaired) electrons. The van der Waals surface area contributed by atoms with Crippen LogP contribution in [0.3, 0.4) is 0 Å². The molecular weight excluding hydrogens is 352 g/mol. The van der Waals surface area contributed by atoms with Crippen LogP contribution in [0, 0.1) is 0 Å². The van der Waals surface area contributed by atoms with E-state index in [9.17, 15) is 4.79 Å². The molecule has 2 aliphatic rings. The van der Waals surface area contributed by atoms with Gasteiger partial charge in [0.15, 0.2) is 0 Å². The monoisotopic (exact) mass is 380 g/mol. The van der Waals surface area contributed by atoms with Crippen molar-refractivity contribution in [2.75, 3.05) is 13.1 Å². The van der Waals surface area contributed by atoms with Crippen LogP contribution >= 0.6 is 0 Å². The van der Waals surface area contributed by atoms with Gasteiger partial charge in [-0.1, -0.05) is 60.7 Å². The molecule has 0 spiro atoms. The minimum absolute atomic E-state index is 0.0109. The Morgan fingerprint density at radius 1 is 1.07 bits per heavy atom. The zero-order valence-electron chi connectivity index (χ0n) is 16.6. The number of piperidine rings is 1. The number of hydrogen-bond acceptors (Lipinski definition) is 4. The quantitative estimate of drug-likeness (QED) is 0.803. The summed E-state index contributed by atoms with van der Waals surface area (Å²) in [6.45, 7) is 6.87. The second-order valence-corrected chi connectivity index (χ2v) is 8.09. The molecule has 2 aromatic rings. The first-order valence-electron chi connectivity index (χ1n) is 9.97. The van der Waals surface area contributed by atoms with Crippen LogP contribution in [-0.4, -0.2) is 46.9 Å². The van der Waals surface area contributed by atoms with Crippen molar-refractivity contribution >= 4 is 6.09 Å². The smallest absolute Gasteiger partial charge is 0.412 e. The molecule has 0 saturated carbocycles. The van der Waals surface area contributed by atoms with E-state index in [1.165, 1.54) is 5.56 Å². The van der Waals surface area contributed by atoms with Gasteiger partial charge in [-0.15, -0.1) is 0 Å². The lowest BCUT2D eigenvalue weighted by Gasteiger charge is -2.37. The Morgan fingerprint density at radius 3 is 2.39 bits per heavy atom. The molecule has 2 saturated heterocycles. The summed E-state index contributed by atoms with van der Waals surface area (Å²) < 4.78 is 11.9. The molecule has 2 heterocycles. The Labute approximate surface area is 166 Å². The van der Waals surface area contributed by atoms with Crippen molar-refractivity contribution in [1.82, 2.24) is 9.80 Å². The fourth-order valence-corrected chi connectivity index (χ4v) is 4.34. The molecule has 0 aliphatic carbocycles. The molecule has 148 valence electrons.